The van der Waals surface area contributed by atoms with Gasteiger partial charge in [0.05, 0.1) is 6.26 Å². The van der Waals surface area contributed by atoms with Gasteiger partial charge in [-0.25, -0.2) is 4.79 Å². The van der Waals surface area contributed by atoms with Crippen molar-refractivity contribution < 1.29 is 23.5 Å². The van der Waals surface area contributed by atoms with Crippen LogP contribution in [0.3, 0.4) is 0 Å². The summed E-state index contributed by atoms with van der Waals surface area (Å²) < 4.78 is 10.8. The highest BCUT2D eigenvalue weighted by Crippen LogP contribution is 2.29. The van der Waals surface area contributed by atoms with E-state index in [1.54, 1.807) is 12.1 Å². The summed E-state index contributed by atoms with van der Waals surface area (Å²) in [5, 5.41) is 5.81. The Labute approximate surface area is 204 Å². The maximum absolute atomic E-state index is 13.6. The molecule has 1 fully saturated rings. The van der Waals surface area contributed by atoms with Gasteiger partial charge in [0.1, 0.15) is 18.2 Å². The molecule has 1 aromatic heterocycles. The molecule has 0 aliphatic heterocycles. The fourth-order valence-corrected chi connectivity index (χ4v) is 4.42. The molecule has 35 heavy (non-hydrogen) atoms. The second-order valence-corrected chi connectivity index (χ2v) is 8.88. The molecule has 0 unspecified atom stereocenters. The van der Waals surface area contributed by atoms with Crippen molar-refractivity contribution in [3.05, 3.63) is 95.9 Å². The van der Waals surface area contributed by atoms with E-state index in [2.05, 4.69) is 10.6 Å². The molecule has 7 heteroatoms. The van der Waals surface area contributed by atoms with Crippen LogP contribution in [0.4, 0.5) is 0 Å². The van der Waals surface area contributed by atoms with Gasteiger partial charge >= 0.3 is 5.97 Å². The average Bonchev–Trinajstić information content (AvgIpc) is 3.44. The van der Waals surface area contributed by atoms with Crippen molar-refractivity contribution >= 4 is 17.8 Å². The van der Waals surface area contributed by atoms with Crippen molar-refractivity contribution in [3.8, 4) is 0 Å². The van der Waals surface area contributed by atoms with Gasteiger partial charge in [0, 0.05) is 6.42 Å². The molecular formula is C28H30N2O5. The van der Waals surface area contributed by atoms with Crippen molar-refractivity contribution in [1.82, 2.24) is 10.6 Å². The Morgan fingerprint density at radius 3 is 2.14 bits per heavy atom. The molecule has 0 radical (unpaired) electrons. The van der Waals surface area contributed by atoms with E-state index in [-0.39, 0.29) is 24.7 Å². The molecule has 1 atom stereocenters. The van der Waals surface area contributed by atoms with Crippen LogP contribution in [-0.4, -0.2) is 29.4 Å². The van der Waals surface area contributed by atoms with Gasteiger partial charge in [-0.05, 0) is 36.1 Å². The second kappa shape index (κ2) is 11.5. The van der Waals surface area contributed by atoms with Gasteiger partial charge in [-0.2, -0.15) is 0 Å². The van der Waals surface area contributed by atoms with E-state index in [1.807, 2.05) is 60.7 Å². The molecule has 1 aliphatic carbocycles. The number of rotatable bonds is 9. The number of furan rings is 1. The molecule has 1 saturated carbocycles. The first-order valence-corrected chi connectivity index (χ1v) is 12.0. The van der Waals surface area contributed by atoms with E-state index in [9.17, 15) is 14.4 Å². The van der Waals surface area contributed by atoms with Crippen molar-refractivity contribution in [2.45, 2.75) is 56.7 Å². The Kier molecular flexibility index (Phi) is 7.98. The lowest BCUT2D eigenvalue weighted by Crippen LogP contribution is -2.62. The van der Waals surface area contributed by atoms with Crippen LogP contribution in [0.2, 0.25) is 0 Å². The Bertz CT molecular complexity index is 1110. The predicted molar refractivity (Wildman–Crippen MR) is 130 cm³/mol. The number of nitrogens with one attached hydrogen (secondary N) is 2. The summed E-state index contributed by atoms with van der Waals surface area (Å²) in [6.07, 6.45) is 5.26. The standard InChI is InChI=1S/C28H30N2O5/c31-25(24-15-10-18-34-24)30-28(16-8-3-9-17-28)27(33)29-23(19-21-11-4-1-5-12-21)26(32)35-20-22-13-6-2-7-14-22/h1-2,4-7,10-15,18,23H,3,8-9,16-17,19-20H2,(H,29,33)(H,30,31)/t23-/m0/s1. The Hall–Kier alpha value is -3.87. The van der Waals surface area contributed by atoms with Crippen molar-refractivity contribution in [2.24, 2.45) is 0 Å². The third-order valence-electron chi connectivity index (χ3n) is 6.34. The SMILES string of the molecule is O=C(NC1(C(=O)N[C@@H](Cc2ccccc2)C(=O)OCc2ccccc2)CCCCC1)c1ccco1. The maximum Gasteiger partial charge on any atom is 0.329 e. The number of benzene rings is 2. The van der Waals surface area contributed by atoms with Gasteiger partial charge in [0.25, 0.3) is 5.91 Å². The molecule has 2 amide bonds. The molecule has 0 spiro atoms. The zero-order chi connectivity index (χ0) is 24.5. The third-order valence-corrected chi connectivity index (χ3v) is 6.34. The van der Waals surface area contributed by atoms with Crippen LogP contribution in [0.1, 0.15) is 53.8 Å². The fourth-order valence-electron chi connectivity index (χ4n) is 4.42. The van der Waals surface area contributed by atoms with E-state index in [0.717, 1.165) is 30.4 Å². The molecule has 1 aliphatic rings. The summed E-state index contributed by atoms with van der Waals surface area (Å²) >= 11 is 0. The maximum atomic E-state index is 13.6. The highest BCUT2D eigenvalue weighted by atomic mass is 16.5. The first-order valence-electron chi connectivity index (χ1n) is 12.0. The summed E-state index contributed by atoms with van der Waals surface area (Å²) in [6, 6.07) is 21.1. The van der Waals surface area contributed by atoms with E-state index in [1.165, 1.54) is 6.26 Å². The van der Waals surface area contributed by atoms with Crippen molar-refractivity contribution in [2.75, 3.05) is 0 Å². The Morgan fingerprint density at radius 2 is 1.51 bits per heavy atom. The highest BCUT2D eigenvalue weighted by molar-refractivity contribution is 5.98. The van der Waals surface area contributed by atoms with Gasteiger partial charge in [-0.15, -0.1) is 0 Å². The van der Waals surface area contributed by atoms with Gasteiger partial charge < -0.3 is 19.8 Å². The van der Waals surface area contributed by atoms with Crippen LogP contribution >= 0.6 is 0 Å². The van der Waals surface area contributed by atoms with E-state index >= 15 is 0 Å². The van der Waals surface area contributed by atoms with E-state index in [4.69, 9.17) is 9.15 Å². The summed E-state index contributed by atoms with van der Waals surface area (Å²) in [5.74, 6) is -1.20. The van der Waals surface area contributed by atoms with Crippen LogP contribution in [0.15, 0.2) is 83.5 Å². The highest BCUT2D eigenvalue weighted by Gasteiger charge is 2.43. The van der Waals surface area contributed by atoms with Crippen molar-refractivity contribution in [3.63, 3.8) is 0 Å². The zero-order valence-corrected chi connectivity index (χ0v) is 19.6. The van der Waals surface area contributed by atoms with E-state index < -0.39 is 23.5 Å². The van der Waals surface area contributed by atoms with Crippen LogP contribution < -0.4 is 10.6 Å². The second-order valence-electron chi connectivity index (χ2n) is 8.88. The molecule has 7 nitrogen and oxygen atoms in total. The minimum atomic E-state index is -1.11. The smallest absolute Gasteiger partial charge is 0.329 e. The summed E-state index contributed by atoms with van der Waals surface area (Å²) in [7, 11) is 0. The molecular weight excluding hydrogens is 444 g/mol. The first-order chi connectivity index (χ1) is 17.1. The van der Waals surface area contributed by atoms with E-state index in [0.29, 0.717) is 12.8 Å². The predicted octanol–water partition coefficient (Wildman–Crippen LogP) is 4.18. The number of ether oxygens (including phenoxy) is 1. The Morgan fingerprint density at radius 1 is 0.857 bits per heavy atom. The number of hydrogen-bond acceptors (Lipinski definition) is 5. The molecule has 2 N–H and O–H groups in total. The van der Waals surface area contributed by atoms with Gasteiger partial charge in [0.15, 0.2) is 5.76 Å². The third kappa shape index (κ3) is 6.38. The number of carbonyl (C=O) groups excluding carboxylic acids is 3. The quantitative estimate of drug-likeness (QED) is 0.454. The molecule has 1 heterocycles. The Balaban J connectivity index is 1.51. The normalized spacial score (nSPS) is 15.5. The first kappa shape index (κ1) is 24.3. The molecule has 0 bridgehead atoms. The van der Waals surface area contributed by atoms with Crippen LogP contribution in [-0.2, 0) is 27.4 Å². The monoisotopic (exact) mass is 474 g/mol. The number of amides is 2. The average molecular weight is 475 g/mol. The van der Waals surface area contributed by atoms with Gasteiger partial charge in [-0.1, -0.05) is 79.9 Å². The molecule has 2 aromatic carbocycles. The largest absolute Gasteiger partial charge is 0.459 e. The van der Waals surface area contributed by atoms with Gasteiger partial charge in [0.2, 0.25) is 5.91 Å². The number of esters is 1. The minimum Gasteiger partial charge on any atom is -0.459 e. The molecule has 4 rings (SSSR count). The fraction of sp³-hybridized carbons (Fsp3) is 0.321. The summed E-state index contributed by atoms with van der Waals surface area (Å²) in [4.78, 5) is 39.5. The summed E-state index contributed by atoms with van der Waals surface area (Å²) in [6.45, 7) is 0.112. The minimum absolute atomic E-state index is 0.112. The van der Waals surface area contributed by atoms with Crippen LogP contribution in [0, 0.1) is 0 Å². The van der Waals surface area contributed by atoms with Crippen LogP contribution in [0.25, 0.3) is 0 Å². The number of hydrogen-bond donors (Lipinski definition) is 2. The molecule has 182 valence electrons. The zero-order valence-electron chi connectivity index (χ0n) is 19.6. The van der Waals surface area contributed by atoms with Crippen molar-refractivity contribution in [1.29, 1.82) is 0 Å². The molecule has 3 aromatic rings. The lowest BCUT2D eigenvalue weighted by molar-refractivity contribution is -0.150. The van der Waals surface area contributed by atoms with Crippen LogP contribution in [0.5, 0.6) is 0 Å². The summed E-state index contributed by atoms with van der Waals surface area (Å²) in [5.41, 5.74) is 0.642. The van der Waals surface area contributed by atoms with Gasteiger partial charge in [-0.3, -0.25) is 9.59 Å². The lowest BCUT2D eigenvalue weighted by atomic mass is 9.80. The lowest BCUT2D eigenvalue weighted by Gasteiger charge is -2.37. The topological polar surface area (TPSA) is 97.6 Å². The molecule has 0 saturated heterocycles. The number of carbonyl (C=O) groups is 3.